The summed E-state index contributed by atoms with van der Waals surface area (Å²) in [5, 5.41) is 0. The highest BCUT2D eigenvalue weighted by atomic mass is 16.6. The van der Waals surface area contributed by atoms with E-state index in [0.29, 0.717) is 19.3 Å². The van der Waals surface area contributed by atoms with E-state index >= 15 is 0 Å². The molecule has 0 rings (SSSR count). The zero-order chi connectivity index (χ0) is 52.2. The van der Waals surface area contributed by atoms with Gasteiger partial charge in [0.05, 0.1) is 0 Å². The van der Waals surface area contributed by atoms with Gasteiger partial charge in [0, 0.05) is 19.3 Å². The Labute approximate surface area is 442 Å². The molecular formula is C66H104O6. The standard InChI is InChI=1S/C66H104O6/c1-4-7-10-13-16-19-22-24-26-28-30-31-32-33-34-35-37-38-40-42-44-47-50-53-56-59-65(68)71-62-63(61-70-64(67)58-55-52-49-46-21-18-15-12-9-6-3)72-66(69)60-57-54-51-48-45-43-41-39-36-29-27-25-23-20-17-14-11-8-5-2/h7-8,10-11,16-17,19-20,24-27,30-31,33-34,36-39,43,45,51,54,63H,4-6,9,12-15,18,21-23,28-29,32,35,40-42,44,46-50,52-53,55-62H2,1-3H3/b10-7-,11-8-,19-16-,20-17-,26-24-,27-25-,31-30-,34-33-,38-37-,39-36-,45-43-,54-51-. The number of hydrogen-bond acceptors (Lipinski definition) is 6. The van der Waals surface area contributed by atoms with Crippen molar-refractivity contribution < 1.29 is 28.6 Å². The SMILES string of the molecule is CC/C=C\C/C=C\C/C=C\C/C=C\C/C=C\C/C=C\CCCCCCCCC(=O)OCC(COC(=O)CCCCCCCCCCCC)OC(=O)CC/C=C\C/C=C\C/C=C\C/C=C\C/C=C\C/C=C\CC. The summed E-state index contributed by atoms with van der Waals surface area (Å²) in [6.45, 7) is 6.31. The van der Waals surface area contributed by atoms with Crippen molar-refractivity contribution in [3.8, 4) is 0 Å². The molecule has 0 aliphatic rings. The molecule has 0 N–H and O–H groups in total. The van der Waals surface area contributed by atoms with Crippen LogP contribution in [0.4, 0.5) is 0 Å². The maximum absolute atomic E-state index is 12.8. The van der Waals surface area contributed by atoms with Crippen LogP contribution in [0.15, 0.2) is 146 Å². The summed E-state index contributed by atoms with van der Waals surface area (Å²) < 4.78 is 16.7. The van der Waals surface area contributed by atoms with Crippen molar-refractivity contribution in [3.05, 3.63) is 146 Å². The first kappa shape index (κ1) is 67.3. The van der Waals surface area contributed by atoms with Crippen LogP contribution in [-0.4, -0.2) is 37.2 Å². The fraction of sp³-hybridized carbons (Fsp3) is 0.591. The van der Waals surface area contributed by atoms with Crippen LogP contribution in [0.25, 0.3) is 0 Å². The third kappa shape index (κ3) is 56.2. The molecule has 0 radical (unpaired) electrons. The molecule has 404 valence electrons. The van der Waals surface area contributed by atoms with Crippen molar-refractivity contribution in [2.45, 2.75) is 239 Å². The smallest absolute Gasteiger partial charge is 0.306 e. The summed E-state index contributed by atoms with van der Waals surface area (Å²) >= 11 is 0. The second-order valence-electron chi connectivity index (χ2n) is 18.4. The van der Waals surface area contributed by atoms with E-state index in [1.807, 2.05) is 12.2 Å². The van der Waals surface area contributed by atoms with Gasteiger partial charge in [-0.25, -0.2) is 0 Å². The largest absolute Gasteiger partial charge is 0.462 e. The first-order chi connectivity index (χ1) is 35.5. The Morgan fingerprint density at radius 2 is 0.569 bits per heavy atom. The molecule has 0 fully saturated rings. The molecule has 0 spiro atoms. The summed E-state index contributed by atoms with van der Waals surface area (Å²) in [4.78, 5) is 38.1. The molecule has 0 heterocycles. The van der Waals surface area contributed by atoms with Gasteiger partial charge in [-0.15, -0.1) is 0 Å². The number of carbonyl (C=O) groups is 3. The molecule has 0 aromatic carbocycles. The van der Waals surface area contributed by atoms with E-state index < -0.39 is 12.1 Å². The van der Waals surface area contributed by atoms with Crippen LogP contribution in [0, 0.1) is 0 Å². The molecule has 0 saturated carbocycles. The fourth-order valence-corrected chi connectivity index (χ4v) is 7.35. The predicted octanol–water partition coefficient (Wildman–Crippen LogP) is 19.6. The second kappa shape index (κ2) is 58.9. The van der Waals surface area contributed by atoms with E-state index in [0.717, 1.165) is 128 Å². The van der Waals surface area contributed by atoms with Gasteiger partial charge in [-0.05, 0) is 109 Å². The quantitative estimate of drug-likeness (QED) is 0.0261. The molecule has 6 heteroatoms. The Bertz CT molecular complexity index is 1610. The van der Waals surface area contributed by atoms with E-state index in [9.17, 15) is 14.4 Å². The average Bonchev–Trinajstić information content (AvgIpc) is 3.38. The Morgan fingerprint density at radius 1 is 0.292 bits per heavy atom. The maximum Gasteiger partial charge on any atom is 0.306 e. The summed E-state index contributed by atoms with van der Waals surface area (Å²) in [6.07, 6.45) is 84.2. The first-order valence-electron chi connectivity index (χ1n) is 28.8. The second-order valence-corrected chi connectivity index (χ2v) is 18.4. The van der Waals surface area contributed by atoms with Gasteiger partial charge in [0.25, 0.3) is 0 Å². The van der Waals surface area contributed by atoms with Gasteiger partial charge in [-0.1, -0.05) is 250 Å². The number of unbranched alkanes of at least 4 members (excludes halogenated alkanes) is 15. The lowest BCUT2D eigenvalue weighted by Gasteiger charge is -2.18. The zero-order valence-corrected chi connectivity index (χ0v) is 46.1. The van der Waals surface area contributed by atoms with Crippen LogP contribution in [-0.2, 0) is 28.6 Å². The molecule has 1 atom stereocenters. The zero-order valence-electron chi connectivity index (χ0n) is 46.1. The van der Waals surface area contributed by atoms with Crippen molar-refractivity contribution in [3.63, 3.8) is 0 Å². The summed E-state index contributed by atoms with van der Waals surface area (Å²) in [5.41, 5.74) is 0. The monoisotopic (exact) mass is 993 g/mol. The highest BCUT2D eigenvalue weighted by molar-refractivity contribution is 5.71. The van der Waals surface area contributed by atoms with Crippen molar-refractivity contribution in [2.75, 3.05) is 13.2 Å². The number of esters is 3. The maximum atomic E-state index is 12.8. The normalized spacial score (nSPS) is 13.2. The van der Waals surface area contributed by atoms with Crippen LogP contribution in [0.5, 0.6) is 0 Å². The third-order valence-electron chi connectivity index (χ3n) is 11.6. The van der Waals surface area contributed by atoms with Gasteiger partial charge in [-0.2, -0.15) is 0 Å². The van der Waals surface area contributed by atoms with Crippen LogP contribution < -0.4 is 0 Å². The number of rotatable bonds is 50. The van der Waals surface area contributed by atoms with E-state index in [-0.39, 0.29) is 31.6 Å². The minimum absolute atomic E-state index is 0.117. The van der Waals surface area contributed by atoms with Crippen molar-refractivity contribution >= 4 is 17.9 Å². The molecule has 72 heavy (non-hydrogen) atoms. The van der Waals surface area contributed by atoms with Crippen LogP contribution >= 0.6 is 0 Å². The number of allylic oxidation sites excluding steroid dienone is 24. The number of carbonyl (C=O) groups excluding carboxylic acids is 3. The molecule has 0 bridgehead atoms. The Kier molecular flexibility index (Phi) is 55.0. The Balaban J connectivity index is 4.45. The molecule has 0 aliphatic carbocycles. The minimum Gasteiger partial charge on any atom is -0.462 e. The highest BCUT2D eigenvalue weighted by Gasteiger charge is 2.19. The van der Waals surface area contributed by atoms with Gasteiger partial charge >= 0.3 is 17.9 Å². The van der Waals surface area contributed by atoms with Crippen LogP contribution in [0.2, 0.25) is 0 Å². The van der Waals surface area contributed by atoms with Crippen molar-refractivity contribution in [1.29, 1.82) is 0 Å². The minimum atomic E-state index is -0.829. The van der Waals surface area contributed by atoms with E-state index in [1.165, 1.54) is 57.8 Å². The van der Waals surface area contributed by atoms with Gasteiger partial charge in [0.15, 0.2) is 6.10 Å². The lowest BCUT2D eigenvalue weighted by atomic mass is 10.1. The van der Waals surface area contributed by atoms with Crippen molar-refractivity contribution in [1.82, 2.24) is 0 Å². The number of hydrogen-bond donors (Lipinski definition) is 0. The van der Waals surface area contributed by atoms with Gasteiger partial charge in [0.1, 0.15) is 13.2 Å². The average molecular weight is 994 g/mol. The van der Waals surface area contributed by atoms with Gasteiger partial charge in [-0.3, -0.25) is 14.4 Å². The molecule has 6 nitrogen and oxygen atoms in total. The van der Waals surface area contributed by atoms with E-state index in [4.69, 9.17) is 14.2 Å². The first-order valence-corrected chi connectivity index (χ1v) is 28.8. The van der Waals surface area contributed by atoms with Crippen LogP contribution in [0.1, 0.15) is 233 Å². The third-order valence-corrected chi connectivity index (χ3v) is 11.6. The van der Waals surface area contributed by atoms with Gasteiger partial charge < -0.3 is 14.2 Å². The summed E-state index contributed by atoms with van der Waals surface area (Å²) in [7, 11) is 0. The van der Waals surface area contributed by atoms with Crippen LogP contribution in [0.3, 0.4) is 0 Å². The molecular weight excluding hydrogens is 889 g/mol. The predicted molar refractivity (Wildman–Crippen MR) is 311 cm³/mol. The molecule has 0 amide bonds. The molecule has 0 aromatic heterocycles. The highest BCUT2D eigenvalue weighted by Crippen LogP contribution is 2.13. The lowest BCUT2D eigenvalue weighted by molar-refractivity contribution is -0.166. The Morgan fingerprint density at radius 3 is 0.903 bits per heavy atom. The van der Waals surface area contributed by atoms with Gasteiger partial charge in [0.2, 0.25) is 0 Å². The molecule has 1 unspecified atom stereocenters. The van der Waals surface area contributed by atoms with Crippen molar-refractivity contribution in [2.24, 2.45) is 0 Å². The summed E-state index contributed by atoms with van der Waals surface area (Å²) in [5.74, 6) is -1.03. The fourth-order valence-electron chi connectivity index (χ4n) is 7.35. The topological polar surface area (TPSA) is 78.9 Å². The molecule has 0 aromatic rings. The summed E-state index contributed by atoms with van der Waals surface area (Å²) in [6, 6.07) is 0. The molecule has 0 saturated heterocycles. The number of ether oxygens (including phenoxy) is 3. The lowest BCUT2D eigenvalue weighted by Crippen LogP contribution is -2.30. The van der Waals surface area contributed by atoms with E-state index in [1.54, 1.807) is 0 Å². The molecule has 0 aliphatic heterocycles. The Hall–Kier alpha value is -4.71. The van der Waals surface area contributed by atoms with E-state index in [2.05, 4.69) is 154 Å².